The maximum Gasteiger partial charge on any atom is 0.317 e. The summed E-state index contributed by atoms with van der Waals surface area (Å²) in [5.74, 6) is 0.840. The molecule has 1 saturated heterocycles. The van der Waals surface area contributed by atoms with E-state index in [1.54, 1.807) is 4.90 Å². The molecule has 2 atom stereocenters. The molecule has 2 rings (SSSR count). The molecule has 1 aliphatic heterocycles. The molecule has 2 amide bonds. The number of benzene rings is 1. The third-order valence-corrected chi connectivity index (χ3v) is 3.65. The van der Waals surface area contributed by atoms with E-state index >= 15 is 0 Å². The molecule has 5 heteroatoms. The monoisotopic (exact) mass is 292 g/mol. The van der Waals surface area contributed by atoms with Crippen LogP contribution < -0.4 is 10.1 Å². The van der Waals surface area contributed by atoms with Gasteiger partial charge < -0.3 is 20.1 Å². The molecule has 1 aliphatic rings. The zero-order valence-electron chi connectivity index (χ0n) is 12.7. The predicted octanol–water partition coefficient (Wildman–Crippen LogP) is 1.93. The van der Waals surface area contributed by atoms with Crippen molar-refractivity contribution >= 4 is 6.03 Å². The van der Waals surface area contributed by atoms with Crippen molar-refractivity contribution in [3.63, 3.8) is 0 Å². The molecule has 0 radical (unpaired) electrons. The molecule has 2 N–H and O–H groups in total. The summed E-state index contributed by atoms with van der Waals surface area (Å²) >= 11 is 0. The van der Waals surface area contributed by atoms with Gasteiger partial charge in [-0.05, 0) is 38.3 Å². The number of aliphatic hydroxyl groups is 1. The van der Waals surface area contributed by atoms with Gasteiger partial charge in [-0.15, -0.1) is 0 Å². The van der Waals surface area contributed by atoms with Crippen LogP contribution in [0.15, 0.2) is 24.3 Å². The Bertz CT molecular complexity index is 478. The van der Waals surface area contributed by atoms with Crippen molar-refractivity contribution in [3.05, 3.63) is 29.8 Å². The van der Waals surface area contributed by atoms with Crippen LogP contribution in [0.5, 0.6) is 5.75 Å². The van der Waals surface area contributed by atoms with Crippen molar-refractivity contribution in [1.82, 2.24) is 10.2 Å². The number of para-hydroxylation sites is 1. The van der Waals surface area contributed by atoms with E-state index in [0.717, 1.165) is 24.2 Å². The molecule has 21 heavy (non-hydrogen) atoms. The van der Waals surface area contributed by atoms with Gasteiger partial charge >= 0.3 is 6.03 Å². The second-order valence-corrected chi connectivity index (χ2v) is 5.62. The zero-order chi connectivity index (χ0) is 15.2. The van der Waals surface area contributed by atoms with E-state index in [1.165, 1.54) is 0 Å². The molecule has 1 fully saturated rings. The minimum absolute atomic E-state index is 0.107. The van der Waals surface area contributed by atoms with Crippen molar-refractivity contribution < 1.29 is 14.6 Å². The van der Waals surface area contributed by atoms with E-state index in [-0.39, 0.29) is 12.1 Å². The van der Waals surface area contributed by atoms with Gasteiger partial charge in [-0.3, -0.25) is 0 Å². The number of nitrogens with zero attached hydrogens (tertiary/aromatic N) is 1. The summed E-state index contributed by atoms with van der Waals surface area (Å²) in [7, 11) is 0. The molecule has 1 unspecified atom stereocenters. The first-order chi connectivity index (χ1) is 10.1. The summed E-state index contributed by atoms with van der Waals surface area (Å²) in [4.78, 5) is 13.7. The molecular weight excluding hydrogens is 268 g/mol. The van der Waals surface area contributed by atoms with Crippen LogP contribution in [0.4, 0.5) is 4.79 Å². The number of rotatable bonds is 4. The Hall–Kier alpha value is -1.75. The molecule has 0 aliphatic carbocycles. The third kappa shape index (κ3) is 4.63. The number of amides is 2. The fraction of sp³-hybridized carbons (Fsp3) is 0.562. The second-order valence-electron chi connectivity index (χ2n) is 5.62. The van der Waals surface area contributed by atoms with Gasteiger partial charge in [0.2, 0.25) is 0 Å². The van der Waals surface area contributed by atoms with Crippen LogP contribution in [0, 0.1) is 6.92 Å². The molecule has 116 valence electrons. The SMILES string of the molecule is Cc1ccccc1OC(C)CNC(=O)N1CCC[C@@H](O)C1. The van der Waals surface area contributed by atoms with Gasteiger partial charge in [-0.2, -0.15) is 0 Å². The number of hydrogen-bond acceptors (Lipinski definition) is 3. The molecule has 0 bridgehead atoms. The lowest BCUT2D eigenvalue weighted by molar-refractivity contribution is 0.0832. The first-order valence-electron chi connectivity index (χ1n) is 7.49. The normalized spacial score (nSPS) is 20.0. The molecule has 0 aromatic heterocycles. The highest BCUT2D eigenvalue weighted by Crippen LogP contribution is 2.17. The molecule has 1 aromatic rings. The number of ether oxygens (including phenoxy) is 1. The summed E-state index contributed by atoms with van der Waals surface area (Å²) in [6, 6.07) is 7.69. The van der Waals surface area contributed by atoms with Crippen molar-refractivity contribution in [2.75, 3.05) is 19.6 Å². The third-order valence-electron chi connectivity index (χ3n) is 3.65. The Morgan fingerprint density at radius 3 is 3.00 bits per heavy atom. The fourth-order valence-electron chi connectivity index (χ4n) is 2.43. The van der Waals surface area contributed by atoms with Crippen LogP contribution >= 0.6 is 0 Å². The average Bonchev–Trinajstić information content (AvgIpc) is 2.47. The largest absolute Gasteiger partial charge is 0.489 e. The van der Waals surface area contributed by atoms with E-state index in [2.05, 4.69) is 5.32 Å². The average molecular weight is 292 g/mol. The lowest BCUT2D eigenvalue weighted by Crippen LogP contribution is -2.48. The molecular formula is C16H24N2O3. The maximum atomic E-state index is 12.0. The first-order valence-corrected chi connectivity index (χ1v) is 7.49. The van der Waals surface area contributed by atoms with E-state index in [9.17, 15) is 9.90 Å². The fourth-order valence-corrected chi connectivity index (χ4v) is 2.43. The van der Waals surface area contributed by atoms with Crippen molar-refractivity contribution in [3.8, 4) is 5.75 Å². The van der Waals surface area contributed by atoms with Crippen LogP contribution in [0.1, 0.15) is 25.3 Å². The summed E-state index contributed by atoms with van der Waals surface area (Å²) in [6.07, 6.45) is 1.12. The first kappa shape index (κ1) is 15.6. The van der Waals surface area contributed by atoms with Crippen molar-refractivity contribution in [2.45, 2.75) is 38.9 Å². The number of carbonyl (C=O) groups is 1. The van der Waals surface area contributed by atoms with E-state index in [1.807, 2.05) is 38.1 Å². The van der Waals surface area contributed by atoms with Crippen molar-refractivity contribution in [2.24, 2.45) is 0 Å². The number of hydrogen-bond donors (Lipinski definition) is 2. The number of aryl methyl sites for hydroxylation is 1. The number of piperidine rings is 1. The Balaban J connectivity index is 1.77. The van der Waals surface area contributed by atoms with Crippen LogP contribution in [-0.2, 0) is 0 Å². The van der Waals surface area contributed by atoms with Gasteiger partial charge in [0.25, 0.3) is 0 Å². The maximum absolute atomic E-state index is 12.0. The minimum Gasteiger partial charge on any atom is -0.489 e. The quantitative estimate of drug-likeness (QED) is 0.891. The summed E-state index contributed by atoms with van der Waals surface area (Å²) in [6.45, 7) is 5.49. The highest BCUT2D eigenvalue weighted by atomic mass is 16.5. The molecule has 0 spiro atoms. The van der Waals surface area contributed by atoms with Crippen molar-refractivity contribution in [1.29, 1.82) is 0 Å². The summed E-state index contributed by atoms with van der Waals surface area (Å²) in [5.41, 5.74) is 1.08. The number of β-amino-alcohol motifs (C(OH)–C–C–N with tert-alkyl or cyclic N) is 1. The summed E-state index contributed by atoms with van der Waals surface area (Å²) in [5, 5.41) is 12.4. The Morgan fingerprint density at radius 2 is 2.29 bits per heavy atom. The second kappa shape index (κ2) is 7.31. The minimum atomic E-state index is -0.398. The Kier molecular flexibility index (Phi) is 5.44. The van der Waals surface area contributed by atoms with Crippen LogP contribution in [-0.4, -0.2) is 47.9 Å². The number of nitrogens with one attached hydrogen (secondary N) is 1. The van der Waals surface area contributed by atoms with Crippen LogP contribution in [0.2, 0.25) is 0 Å². The topological polar surface area (TPSA) is 61.8 Å². The van der Waals surface area contributed by atoms with E-state index in [4.69, 9.17) is 4.74 Å². The molecule has 1 aromatic carbocycles. The van der Waals surface area contributed by atoms with Gasteiger partial charge in [-0.1, -0.05) is 18.2 Å². The van der Waals surface area contributed by atoms with E-state index in [0.29, 0.717) is 19.6 Å². The Morgan fingerprint density at radius 1 is 1.52 bits per heavy atom. The highest BCUT2D eigenvalue weighted by molar-refractivity contribution is 5.74. The summed E-state index contributed by atoms with van der Waals surface area (Å²) < 4.78 is 5.82. The number of carbonyl (C=O) groups excluding carboxylic acids is 1. The number of likely N-dealkylation sites (tertiary alicyclic amines) is 1. The van der Waals surface area contributed by atoms with Gasteiger partial charge in [0.05, 0.1) is 12.6 Å². The highest BCUT2D eigenvalue weighted by Gasteiger charge is 2.22. The van der Waals surface area contributed by atoms with E-state index < -0.39 is 6.10 Å². The molecule has 5 nitrogen and oxygen atoms in total. The van der Waals surface area contributed by atoms with Gasteiger partial charge in [0, 0.05) is 13.1 Å². The molecule has 1 heterocycles. The van der Waals surface area contributed by atoms with Gasteiger partial charge in [0.15, 0.2) is 0 Å². The lowest BCUT2D eigenvalue weighted by atomic mass is 10.1. The number of urea groups is 1. The van der Waals surface area contributed by atoms with Gasteiger partial charge in [-0.25, -0.2) is 4.79 Å². The smallest absolute Gasteiger partial charge is 0.317 e. The standard InChI is InChI=1S/C16H24N2O3/c1-12-6-3-4-8-15(12)21-13(2)10-17-16(20)18-9-5-7-14(19)11-18/h3-4,6,8,13-14,19H,5,7,9-11H2,1-2H3,(H,17,20)/t13?,14-/m1/s1. The zero-order valence-corrected chi connectivity index (χ0v) is 12.7. The predicted molar refractivity (Wildman–Crippen MR) is 81.5 cm³/mol. The lowest BCUT2D eigenvalue weighted by Gasteiger charge is -2.30. The Labute approximate surface area is 125 Å². The molecule has 0 saturated carbocycles. The van der Waals surface area contributed by atoms with Crippen LogP contribution in [0.3, 0.4) is 0 Å². The van der Waals surface area contributed by atoms with Crippen LogP contribution in [0.25, 0.3) is 0 Å². The van der Waals surface area contributed by atoms with Gasteiger partial charge in [0.1, 0.15) is 11.9 Å². The number of aliphatic hydroxyl groups excluding tert-OH is 1.